The summed E-state index contributed by atoms with van der Waals surface area (Å²) in [6.07, 6.45) is 4.72. The molecule has 0 unspecified atom stereocenters. The average Bonchev–Trinajstić information content (AvgIpc) is 3.49. The lowest BCUT2D eigenvalue weighted by Gasteiger charge is -2.01. The Hall–Kier alpha value is -3.52. The van der Waals surface area contributed by atoms with Gasteiger partial charge in [-0.1, -0.05) is 17.7 Å². The van der Waals surface area contributed by atoms with Gasteiger partial charge in [0.05, 0.1) is 18.1 Å². The van der Waals surface area contributed by atoms with E-state index in [0.717, 1.165) is 12.4 Å². The van der Waals surface area contributed by atoms with Gasteiger partial charge in [-0.2, -0.15) is 0 Å². The second-order valence-corrected chi connectivity index (χ2v) is 7.31. The van der Waals surface area contributed by atoms with Crippen LogP contribution < -0.4 is 5.73 Å². The molecule has 0 saturated heterocycles. The maximum absolute atomic E-state index is 12.9. The highest BCUT2D eigenvalue weighted by Gasteiger charge is 2.13. The molecule has 14 heteroatoms. The number of Topliss-reactive ketones (excluding diaryl/α,β-unsaturated/α-hetero) is 1. The van der Waals surface area contributed by atoms with Gasteiger partial charge in [0.2, 0.25) is 0 Å². The zero-order valence-corrected chi connectivity index (χ0v) is 19.5. The summed E-state index contributed by atoms with van der Waals surface area (Å²) < 4.78 is 34.8. The molecule has 0 bridgehead atoms. The van der Waals surface area contributed by atoms with Crippen LogP contribution in [0.25, 0.3) is 0 Å². The van der Waals surface area contributed by atoms with Gasteiger partial charge >= 0.3 is 5.97 Å². The molecule has 10 nitrogen and oxygen atoms in total. The van der Waals surface area contributed by atoms with E-state index in [9.17, 15) is 18.4 Å². The van der Waals surface area contributed by atoms with Crippen LogP contribution >= 0.6 is 31.9 Å². The van der Waals surface area contributed by atoms with E-state index in [2.05, 4.69) is 61.2 Å². The Labute approximate surface area is 208 Å². The van der Waals surface area contributed by atoms with E-state index < -0.39 is 17.6 Å². The van der Waals surface area contributed by atoms with Crippen molar-refractivity contribution in [2.75, 3.05) is 5.73 Å². The van der Waals surface area contributed by atoms with E-state index in [4.69, 9.17) is 10.8 Å². The molecule has 3 N–H and O–H groups in total. The maximum Gasteiger partial charge on any atom is 0.358 e. The van der Waals surface area contributed by atoms with Gasteiger partial charge in [0.15, 0.2) is 11.5 Å². The molecule has 4 aromatic rings. The number of carbonyl (C=O) groups is 2. The molecule has 4 rings (SSSR count). The monoisotopic (exact) mass is 603 g/mol. The Kier molecular flexibility index (Phi) is 11.7. The van der Waals surface area contributed by atoms with Gasteiger partial charge in [0, 0.05) is 24.6 Å². The van der Waals surface area contributed by atoms with Crippen molar-refractivity contribution < 1.29 is 32.5 Å². The van der Waals surface area contributed by atoms with Crippen LogP contribution in [-0.2, 0) is 6.42 Å². The Bertz CT molecular complexity index is 1210. The highest BCUT2D eigenvalue weighted by atomic mass is 79.9. The fourth-order valence-electron chi connectivity index (χ4n) is 1.97. The molecule has 180 valence electrons. The van der Waals surface area contributed by atoms with Crippen LogP contribution in [-0.4, -0.2) is 37.1 Å². The number of nitrogen functional groups attached to an aromatic ring is 1. The second-order valence-electron chi connectivity index (χ2n) is 5.81. The van der Waals surface area contributed by atoms with Gasteiger partial charge in [-0.25, -0.2) is 23.5 Å². The van der Waals surface area contributed by atoms with Crippen LogP contribution in [0.1, 0.15) is 34.0 Å². The van der Waals surface area contributed by atoms with Gasteiger partial charge in [0.25, 0.3) is 0 Å². The molecule has 0 radical (unpaired) electrons. The third kappa shape index (κ3) is 9.15. The van der Waals surface area contributed by atoms with E-state index in [-0.39, 0.29) is 31.0 Å². The molecular formula is C20H17Br2F2N5O5. The lowest BCUT2D eigenvalue weighted by molar-refractivity contribution is 0.0685. The molecule has 34 heavy (non-hydrogen) atoms. The smallest absolute Gasteiger partial charge is 0.358 e. The molecule has 0 aliphatic rings. The summed E-state index contributed by atoms with van der Waals surface area (Å²) in [5.74, 6) is -2.22. The van der Waals surface area contributed by atoms with Crippen molar-refractivity contribution >= 4 is 49.3 Å². The zero-order valence-electron chi connectivity index (χ0n) is 16.3. The third-order valence-electron chi connectivity index (χ3n) is 3.44. The number of hydrogen-bond donors (Lipinski definition) is 2. The Morgan fingerprint density at radius 1 is 0.941 bits per heavy atom. The SMILES string of the molecule is C.Nc1cc(F)cnc1Br.O=C(Cc1cc(F)cnc1Br)c1ccon1.O=C(O)c1ccon1. The number of nitrogens with two attached hydrogens (primary N) is 1. The normalized spacial score (nSPS) is 9.53. The number of aromatic carboxylic acids is 1. The summed E-state index contributed by atoms with van der Waals surface area (Å²) in [5, 5.41) is 14.8. The molecular weight excluding hydrogens is 588 g/mol. The summed E-state index contributed by atoms with van der Waals surface area (Å²) in [7, 11) is 0. The molecule has 4 heterocycles. The predicted octanol–water partition coefficient (Wildman–Crippen LogP) is 4.97. The number of nitrogens with zero attached hydrogens (tertiary/aromatic N) is 4. The predicted molar refractivity (Wildman–Crippen MR) is 123 cm³/mol. The number of aromatic nitrogens is 4. The Balaban J connectivity index is 0.000000274. The number of rotatable bonds is 4. The van der Waals surface area contributed by atoms with Gasteiger partial charge in [0.1, 0.15) is 39.1 Å². The molecule has 4 aromatic heterocycles. The fraction of sp³-hybridized carbons (Fsp3) is 0.100. The summed E-state index contributed by atoms with van der Waals surface area (Å²) in [4.78, 5) is 28.9. The molecule has 0 fully saturated rings. The first-order valence-electron chi connectivity index (χ1n) is 8.61. The zero-order chi connectivity index (χ0) is 24.4. The minimum atomic E-state index is -1.07. The number of halogens is 4. The maximum atomic E-state index is 12.9. The van der Waals surface area contributed by atoms with Crippen molar-refractivity contribution in [2.24, 2.45) is 0 Å². The topological polar surface area (TPSA) is 158 Å². The fourth-order valence-corrected chi connectivity index (χ4v) is 2.54. The van der Waals surface area contributed by atoms with Gasteiger partial charge in [-0.05, 0) is 43.5 Å². The number of ketones is 1. The summed E-state index contributed by atoms with van der Waals surface area (Å²) in [5.41, 5.74) is 6.22. The van der Waals surface area contributed by atoms with E-state index in [1.54, 1.807) is 0 Å². The van der Waals surface area contributed by atoms with Crippen molar-refractivity contribution in [1.29, 1.82) is 0 Å². The number of carboxylic acids is 1. The van der Waals surface area contributed by atoms with Crippen molar-refractivity contribution in [3.63, 3.8) is 0 Å². The van der Waals surface area contributed by atoms with E-state index in [0.29, 0.717) is 20.5 Å². The first-order valence-corrected chi connectivity index (χ1v) is 10.2. The second kappa shape index (κ2) is 13.9. The standard InChI is InChI=1S/C10H6BrFN2O2.C5H4BrFN2.C4H3NO3.CH4/c11-10-6(3-7(12)5-13-10)4-9(15)8-1-2-16-14-8;6-5-4(8)1-3(7)2-9-5;6-4(7)3-1-2-8-5-3;/h1-3,5H,4H2;1-2H,8H2;1-2H,(H,6,7);1H4. The van der Waals surface area contributed by atoms with Crippen LogP contribution in [0.5, 0.6) is 0 Å². The van der Waals surface area contributed by atoms with Crippen molar-refractivity contribution in [1.82, 2.24) is 20.3 Å². The first-order chi connectivity index (χ1) is 15.7. The molecule has 0 spiro atoms. The van der Waals surface area contributed by atoms with Crippen LogP contribution in [0.3, 0.4) is 0 Å². The van der Waals surface area contributed by atoms with Crippen molar-refractivity contribution in [2.45, 2.75) is 13.8 Å². The van der Waals surface area contributed by atoms with Gasteiger partial charge < -0.3 is 19.9 Å². The molecule has 0 amide bonds. The van der Waals surface area contributed by atoms with E-state index in [1.165, 1.54) is 36.8 Å². The van der Waals surface area contributed by atoms with Gasteiger partial charge in [-0.15, -0.1) is 0 Å². The molecule has 0 saturated carbocycles. The molecule has 0 aliphatic heterocycles. The minimum Gasteiger partial charge on any atom is -0.476 e. The third-order valence-corrected chi connectivity index (χ3v) is 4.82. The van der Waals surface area contributed by atoms with Crippen LogP contribution in [0, 0.1) is 11.6 Å². The highest BCUT2D eigenvalue weighted by Crippen LogP contribution is 2.17. The number of pyridine rings is 2. The summed E-state index contributed by atoms with van der Waals surface area (Å²) >= 11 is 6.17. The average molecular weight is 605 g/mol. The molecule has 0 aliphatic carbocycles. The van der Waals surface area contributed by atoms with E-state index in [1.807, 2.05) is 0 Å². The van der Waals surface area contributed by atoms with Gasteiger partial charge in [-0.3, -0.25) is 4.79 Å². The minimum absolute atomic E-state index is 0. The van der Waals surface area contributed by atoms with Crippen molar-refractivity contribution in [3.05, 3.63) is 87.0 Å². The highest BCUT2D eigenvalue weighted by molar-refractivity contribution is 9.10. The first kappa shape index (κ1) is 28.5. The summed E-state index contributed by atoms with van der Waals surface area (Å²) in [6, 6.07) is 5.21. The number of carboxylic acid groups (broad SMARTS) is 1. The number of hydrogen-bond acceptors (Lipinski definition) is 9. The lowest BCUT2D eigenvalue weighted by Crippen LogP contribution is -2.05. The molecule has 0 atom stereocenters. The Morgan fingerprint density at radius 2 is 1.47 bits per heavy atom. The molecule has 0 aromatic carbocycles. The van der Waals surface area contributed by atoms with E-state index >= 15 is 0 Å². The quantitative estimate of drug-likeness (QED) is 0.240. The van der Waals surface area contributed by atoms with Crippen molar-refractivity contribution in [3.8, 4) is 0 Å². The summed E-state index contributed by atoms with van der Waals surface area (Å²) in [6.45, 7) is 0. The lowest BCUT2D eigenvalue weighted by atomic mass is 10.1. The van der Waals surface area contributed by atoms with Crippen LogP contribution in [0.2, 0.25) is 0 Å². The Morgan fingerprint density at radius 3 is 1.91 bits per heavy atom. The van der Waals surface area contributed by atoms with Crippen LogP contribution in [0.4, 0.5) is 14.5 Å². The number of anilines is 1. The van der Waals surface area contributed by atoms with Crippen LogP contribution in [0.15, 0.2) is 67.4 Å². The number of carbonyl (C=O) groups excluding carboxylic acids is 1. The largest absolute Gasteiger partial charge is 0.476 e.